The van der Waals surface area contributed by atoms with Gasteiger partial charge in [0.1, 0.15) is 17.4 Å². The highest BCUT2D eigenvalue weighted by molar-refractivity contribution is 6.07. The summed E-state index contributed by atoms with van der Waals surface area (Å²) in [5, 5.41) is 5.31. The van der Waals surface area contributed by atoms with Crippen LogP contribution in [0.4, 0.5) is 19.3 Å². The first kappa shape index (κ1) is 21.3. The van der Waals surface area contributed by atoms with Gasteiger partial charge in [-0.15, -0.1) is 0 Å². The van der Waals surface area contributed by atoms with Crippen LogP contribution in [0.2, 0.25) is 0 Å². The van der Waals surface area contributed by atoms with Crippen molar-refractivity contribution in [3.05, 3.63) is 70.9 Å². The van der Waals surface area contributed by atoms with Crippen molar-refractivity contribution >= 4 is 17.6 Å². The van der Waals surface area contributed by atoms with Gasteiger partial charge in [0.2, 0.25) is 0 Å². The third kappa shape index (κ3) is 3.85. The zero-order chi connectivity index (χ0) is 22.0. The van der Waals surface area contributed by atoms with Gasteiger partial charge < -0.3 is 15.4 Å². The van der Waals surface area contributed by atoms with Crippen molar-refractivity contribution in [1.29, 1.82) is 0 Å². The largest absolute Gasteiger partial charge is 0.495 e. The molecule has 8 heteroatoms. The maximum absolute atomic E-state index is 14.5. The number of allylic oxidation sites excluding steroid dienone is 1. The van der Waals surface area contributed by atoms with E-state index in [4.69, 9.17) is 4.74 Å². The fourth-order valence-corrected chi connectivity index (χ4v) is 3.61. The van der Waals surface area contributed by atoms with Crippen molar-refractivity contribution in [1.82, 2.24) is 10.2 Å². The minimum absolute atomic E-state index is 0.0400. The van der Waals surface area contributed by atoms with E-state index in [9.17, 15) is 18.4 Å². The molecule has 0 aliphatic carbocycles. The molecule has 1 aliphatic heterocycles. The smallest absolute Gasteiger partial charge is 0.322 e. The van der Waals surface area contributed by atoms with E-state index in [2.05, 4.69) is 10.6 Å². The lowest BCUT2D eigenvalue weighted by atomic mass is 9.92. The summed E-state index contributed by atoms with van der Waals surface area (Å²) in [5.41, 5.74) is 0.358. The number of para-hydroxylation sites is 2. The van der Waals surface area contributed by atoms with E-state index >= 15 is 0 Å². The van der Waals surface area contributed by atoms with Crippen LogP contribution in [-0.2, 0) is 4.79 Å². The van der Waals surface area contributed by atoms with Gasteiger partial charge in [-0.2, -0.15) is 0 Å². The summed E-state index contributed by atoms with van der Waals surface area (Å²) in [6.07, 6.45) is 0. The molecule has 2 aromatic rings. The second-order valence-electron chi connectivity index (χ2n) is 7.14. The van der Waals surface area contributed by atoms with Gasteiger partial charge in [0.25, 0.3) is 5.91 Å². The van der Waals surface area contributed by atoms with E-state index in [1.54, 1.807) is 45.0 Å². The highest BCUT2D eigenvalue weighted by Gasteiger charge is 2.39. The van der Waals surface area contributed by atoms with Gasteiger partial charge in [-0.3, -0.25) is 9.69 Å². The first-order chi connectivity index (χ1) is 14.3. The monoisotopic (exact) mass is 415 g/mol. The van der Waals surface area contributed by atoms with Crippen LogP contribution in [0.5, 0.6) is 5.75 Å². The minimum atomic E-state index is -1.29. The summed E-state index contributed by atoms with van der Waals surface area (Å²) in [6.45, 7) is 5.15. The standard InChI is InChI=1S/C22H23F2N3O3/c1-12(2)27-13(3)18(21(28)25-16-10-5-6-11-17(16)30-4)20(26-22(27)29)19-14(23)8-7-9-15(19)24/h5-12,20H,1-4H3,(H,25,28)(H,26,29)/t20-/m1/s1. The lowest BCUT2D eigenvalue weighted by Crippen LogP contribution is -2.51. The number of hydrogen-bond donors (Lipinski definition) is 2. The summed E-state index contributed by atoms with van der Waals surface area (Å²) in [4.78, 5) is 27.3. The average molecular weight is 415 g/mol. The van der Waals surface area contributed by atoms with Gasteiger partial charge in [-0.25, -0.2) is 13.6 Å². The molecule has 0 bridgehead atoms. The Kier molecular flexibility index (Phi) is 6.05. The van der Waals surface area contributed by atoms with E-state index in [0.29, 0.717) is 17.1 Å². The zero-order valence-corrected chi connectivity index (χ0v) is 17.1. The molecule has 6 nitrogen and oxygen atoms in total. The number of urea groups is 1. The van der Waals surface area contributed by atoms with E-state index < -0.39 is 35.2 Å². The van der Waals surface area contributed by atoms with Gasteiger partial charge in [0.15, 0.2) is 0 Å². The molecule has 0 saturated heterocycles. The molecule has 0 aromatic heterocycles. The Morgan fingerprint density at radius 3 is 2.37 bits per heavy atom. The Balaban J connectivity index is 2.13. The molecule has 0 radical (unpaired) electrons. The van der Waals surface area contributed by atoms with E-state index in [-0.39, 0.29) is 11.6 Å². The number of nitrogens with one attached hydrogen (secondary N) is 2. The number of anilines is 1. The number of carbonyl (C=O) groups excluding carboxylic acids is 2. The molecule has 1 aliphatic rings. The van der Waals surface area contributed by atoms with Crippen LogP contribution in [0.3, 0.4) is 0 Å². The molecule has 0 saturated carbocycles. The fraction of sp³-hybridized carbons (Fsp3) is 0.273. The Labute approximate surface area is 173 Å². The van der Waals surface area contributed by atoms with E-state index in [1.165, 1.54) is 18.1 Å². The summed E-state index contributed by atoms with van der Waals surface area (Å²) in [7, 11) is 1.47. The van der Waals surface area contributed by atoms with Crippen LogP contribution < -0.4 is 15.4 Å². The SMILES string of the molecule is COc1ccccc1NC(=O)C1=C(C)N(C(C)C)C(=O)N[C@H]1c1c(F)cccc1F. The van der Waals surface area contributed by atoms with Crippen molar-refractivity contribution in [2.75, 3.05) is 12.4 Å². The average Bonchev–Trinajstić information content (AvgIpc) is 2.67. The maximum atomic E-state index is 14.5. The fourth-order valence-electron chi connectivity index (χ4n) is 3.61. The molecule has 30 heavy (non-hydrogen) atoms. The van der Waals surface area contributed by atoms with Gasteiger partial charge in [-0.05, 0) is 45.0 Å². The normalized spacial score (nSPS) is 16.6. The molecule has 158 valence electrons. The molecular formula is C22H23F2N3O3. The lowest BCUT2D eigenvalue weighted by Gasteiger charge is -2.38. The summed E-state index contributed by atoms with van der Waals surface area (Å²) < 4.78 is 34.4. The van der Waals surface area contributed by atoms with Crippen LogP contribution in [-0.4, -0.2) is 30.0 Å². The molecule has 1 heterocycles. The third-order valence-electron chi connectivity index (χ3n) is 4.93. The van der Waals surface area contributed by atoms with Crippen LogP contribution in [0.15, 0.2) is 53.7 Å². The van der Waals surface area contributed by atoms with Crippen LogP contribution in [0, 0.1) is 11.6 Å². The van der Waals surface area contributed by atoms with E-state index in [1.807, 2.05) is 0 Å². The predicted octanol–water partition coefficient (Wildman–Crippen LogP) is 4.36. The number of carbonyl (C=O) groups is 2. The summed E-state index contributed by atoms with van der Waals surface area (Å²) in [6, 6.07) is 8.09. The van der Waals surface area contributed by atoms with Crippen molar-refractivity contribution in [2.45, 2.75) is 32.9 Å². The molecule has 2 aromatic carbocycles. The van der Waals surface area contributed by atoms with Crippen molar-refractivity contribution in [3.63, 3.8) is 0 Å². The first-order valence-electron chi connectivity index (χ1n) is 9.45. The van der Waals surface area contributed by atoms with E-state index in [0.717, 1.165) is 12.1 Å². The highest BCUT2D eigenvalue weighted by atomic mass is 19.1. The zero-order valence-electron chi connectivity index (χ0n) is 17.1. The molecule has 0 spiro atoms. The molecule has 3 amide bonds. The first-order valence-corrected chi connectivity index (χ1v) is 9.45. The van der Waals surface area contributed by atoms with Crippen LogP contribution in [0.25, 0.3) is 0 Å². The topological polar surface area (TPSA) is 70.7 Å². The Hall–Kier alpha value is -3.42. The number of amides is 3. The number of halogens is 2. The molecule has 0 fully saturated rings. The Bertz CT molecular complexity index is 1000. The number of ether oxygens (including phenoxy) is 1. The number of nitrogens with zero attached hydrogens (tertiary/aromatic N) is 1. The Morgan fingerprint density at radius 1 is 1.13 bits per heavy atom. The number of methoxy groups -OCH3 is 1. The van der Waals surface area contributed by atoms with Gasteiger partial charge in [0.05, 0.1) is 30.0 Å². The minimum Gasteiger partial charge on any atom is -0.495 e. The quantitative estimate of drug-likeness (QED) is 0.762. The van der Waals surface area contributed by atoms with Crippen LogP contribution in [0.1, 0.15) is 32.4 Å². The van der Waals surface area contributed by atoms with Crippen molar-refractivity contribution < 1.29 is 23.1 Å². The molecule has 0 unspecified atom stereocenters. The molecule has 3 rings (SSSR count). The van der Waals surface area contributed by atoms with Gasteiger partial charge in [0, 0.05) is 11.7 Å². The van der Waals surface area contributed by atoms with Gasteiger partial charge in [-0.1, -0.05) is 18.2 Å². The van der Waals surface area contributed by atoms with Crippen molar-refractivity contribution in [2.24, 2.45) is 0 Å². The predicted molar refractivity (Wildman–Crippen MR) is 109 cm³/mol. The number of rotatable bonds is 5. The maximum Gasteiger partial charge on any atom is 0.322 e. The number of hydrogen-bond acceptors (Lipinski definition) is 3. The molecular weight excluding hydrogens is 392 g/mol. The summed E-state index contributed by atoms with van der Waals surface area (Å²) >= 11 is 0. The second kappa shape index (κ2) is 8.52. The third-order valence-corrected chi connectivity index (χ3v) is 4.93. The lowest BCUT2D eigenvalue weighted by molar-refractivity contribution is -0.113. The second-order valence-corrected chi connectivity index (χ2v) is 7.14. The molecule has 1 atom stereocenters. The molecule has 2 N–H and O–H groups in total. The highest BCUT2D eigenvalue weighted by Crippen LogP contribution is 2.35. The number of benzene rings is 2. The summed E-state index contributed by atoms with van der Waals surface area (Å²) in [5.74, 6) is -1.88. The van der Waals surface area contributed by atoms with Crippen molar-refractivity contribution in [3.8, 4) is 5.75 Å². The Morgan fingerprint density at radius 2 is 1.77 bits per heavy atom. The van der Waals surface area contributed by atoms with Gasteiger partial charge >= 0.3 is 6.03 Å². The van der Waals surface area contributed by atoms with Crippen LogP contribution >= 0.6 is 0 Å².